The first-order chi connectivity index (χ1) is 14.4. The van der Waals surface area contributed by atoms with Gasteiger partial charge in [-0.3, -0.25) is 14.9 Å². The highest BCUT2D eigenvalue weighted by Crippen LogP contribution is 2.34. The van der Waals surface area contributed by atoms with E-state index in [9.17, 15) is 36.5 Å². The number of nitrogens with one attached hydrogen (secondary N) is 3. The van der Waals surface area contributed by atoms with E-state index in [-0.39, 0.29) is 36.0 Å². The molecule has 0 saturated heterocycles. The lowest BCUT2D eigenvalue weighted by molar-refractivity contribution is -0.384. The van der Waals surface area contributed by atoms with Gasteiger partial charge in [-0.15, -0.1) is 0 Å². The number of nitro benzene ring substituents is 1. The predicted octanol–water partition coefficient (Wildman–Crippen LogP) is 3.35. The second-order valence-electron chi connectivity index (χ2n) is 6.37. The van der Waals surface area contributed by atoms with Crippen LogP contribution in [0.25, 0.3) is 0 Å². The van der Waals surface area contributed by atoms with Gasteiger partial charge in [-0.05, 0) is 42.8 Å². The van der Waals surface area contributed by atoms with E-state index >= 15 is 0 Å². The Kier molecular flexibility index (Phi) is 7.57. The monoisotopic (exact) mass is 460 g/mol. The van der Waals surface area contributed by atoms with Crippen molar-refractivity contribution in [3.8, 4) is 0 Å². The number of benzene rings is 2. The minimum Gasteiger partial charge on any atom is -0.379 e. The largest absolute Gasteiger partial charge is 0.416 e. The Hall–Kier alpha value is -3.19. The van der Waals surface area contributed by atoms with Gasteiger partial charge < -0.3 is 10.6 Å². The minimum absolute atomic E-state index is 0.0167. The second kappa shape index (κ2) is 9.75. The molecular formula is C18H19F3N4O5S. The number of rotatable bonds is 9. The van der Waals surface area contributed by atoms with Gasteiger partial charge in [0.15, 0.2) is 0 Å². The Labute approximate surface area is 175 Å². The van der Waals surface area contributed by atoms with Crippen molar-refractivity contribution in [3.63, 3.8) is 0 Å². The minimum atomic E-state index is -4.71. The van der Waals surface area contributed by atoms with Crippen molar-refractivity contribution in [2.75, 3.05) is 23.7 Å². The average Bonchev–Trinajstić information content (AvgIpc) is 2.66. The summed E-state index contributed by atoms with van der Waals surface area (Å²) in [5.74, 6) is -0.297. The van der Waals surface area contributed by atoms with Crippen molar-refractivity contribution in [1.82, 2.24) is 4.72 Å². The molecule has 9 nitrogen and oxygen atoms in total. The maximum absolute atomic E-state index is 12.7. The van der Waals surface area contributed by atoms with Crippen molar-refractivity contribution < 1.29 is 31.3 Å². The number of nitrogens with zero attached hydrogens (tertiary/aromatic N) is 1. The van der Waals surface area contributed by atoms with E-state index in [1.807, 2.05) is 0 Å². The molecule has 2 rings (SSSR count). The molecule has 0 heterocycles. The number of alkyl halides is 3. The molecule has 13 heteroatoms. The molecule has 0 radical (unpaired) electrons. The summed E-state index contributed by atoms with van der Waals surface area (Å²) >= 11 is 0. The van der Waals surface area contributed by atoms with Crippen molar-refractivity contribution in [3.05, 3.63) is 58.1 Å². The number of anilines is 2. The Morgan fingerprint density at radius 1 is 1.10 bits per heavy atom. The molecule has 3 N–H and O–H groups in total. The molecule has 0 atom stereocenters. The number of amides is 1. The van der Waals surface area contributed by atoms with Crippen LogP contribution in [-0.4, -0.2) is 32.3 Å². The molecule has 0 fully saturated rings. The summed E-state index contributed by atoms with van der Waals surface area (Å²) in [6.07, 6.45) is -4.50. The van der Waals surface area contributed by atoms with E-state index < -0.39 is 32.4 Å². The Morgan fingerprint density at radius 3 is 2.29 bits per heavy atom. The zero-order valence-electron chi connectivity index (χ0n) is 16.2. The fourth-order valence-electron chi connectivity index (χ4n) is 2.53. The van der Waals surface area contributed by atoms with Gasteiger partial charge in [0.05, 0.1) is 15.4 Å². The zero-order chi connectivity index (χ0) is 23.2. The quantitative estimate of drug-likeness (QED) is 0.299. The molecule has 0 bridgehead atoms. The summed E-state index contributed by atoms with van der Waals surface area (Å²) in [5, 5.41) is 16.2. The number of hydrogen-bond donors (Lipinski definition) is 3. The highest BCUT2D eigenvalue weighted by molar-refractivity contribution is 7.89. The molecule has 2 aromatic rings. The number of carbonyl (C=O) groups excluding carboxylic acids is 1. The molecule has 0 aliphatic carbocycles. The van der Waals surface area contributed by atoms with Crippen molar-refractivity contribution >= 4 is 33.0 Å². The third kappa shape index (κ3) is 6.93. The third-order valence-corrected chi connectivity index (χ3v) is 5.44. The molecule has 168 valence electrons. The van der Waals surface area contributed by atoms with Gasteiger partial charge in [-0.2, -0.15) is 13.2 Å². The number of carbonyl (C=O) groups is 1. The van der Waals surface area contributed by atoms with Crippen LogP contribution in [0.3, 0.4) is 0 Å². The molecule has 31 heavy (non-hydrogen) atoms. The third-order valence-electron chi connectivity index (χ3n) is 3.97. The van der Waals surface area contributed by atoms with Gasteiger partial charge in [0, 0.05) is 31.8 Å². The molecule has 0 aliphatic heterocycles. The zero-order valence-corrected chi connectivity index (χ0v) is 17.0. The first-order valence-corrected chi connectivity index (χ1v) is 10.4. The van der Waals surface area contributed by atoms with Crippen LogP contribution in [0.15, 0.2) is 47.4 Å². The number of hydrogen-bond acceptors (Lipinski definition) is 6. The van der Waals surface area contributed by atoms with Crippen molar-refractivity contribution in [2.45, 2.75) is 24.4 Å². The number of sulfonamides is 1. The van der Waals surface area contributed by atoms with Crippen LogP contribution in [0.1, 0.15) is 18.9 Å². The summed E-state index contributed by atoms with van der Waals surface area (Å²) in [4.78, 5) is 21.1. The van der Waals surface area contributed by atoms with Crippen LogP contribution in [-0.2, 0) is 21.0 Å². The molecule has 0 unspecified atom stereocenters. The fraction of sp³-hybridized carbons (Fsp3) is 0.278. The number of nitro groups is 1. The first kappa shape index (κ1) is 24.1. The summed E-state index contributed by atoms with van der Waals surface area (Å²) < 4.78 is 65.0. The lowest BCUT2D eigenvalue weighted by atomic mass is 10.1. The van der Waals surface area contributed by atoms with Gasteiger partial charge in [-0.25, -0.2) is 13.1 Å². The van der Waals surface area contributed by atoms with Crippen LogP contribution in [0.4, 0.5) is 30.2 Å². The molecular weight excluding hydrogens is 441 g/mol. The van der Waals surface area contributed by atoms with E-state index in [0.29, 0.717) is 11.8 Å². The molecule has 1 amide bonds. The van der Waals surface area contributed by atoms with Gasteiger partial charge in [0.1, 0.15) is 5.69 Å². The summed E-state index contributed by atoms with van der Waals surface area (Å²) in [6.45, 7) is 1.38. The first-order valence-electron chi connectivity index (χ1n) is 8.87. The highest BCUT2D eigenvalue weighted by Gasteiger charge is 2.33. The van der Waals surface area contributed by atoms with Crippen molar-refractivity contribution in [2.24, 2.45) is 0 Å². The lowest BCUT2D eigenvalue weighted by Gasteiger charge is -2.11. The predicted molar refractivity (Wildman–Crippen MR) is 107 cm³/mol. The van der Waals surface area contributed by atoms with Crippen LogP contribution in [0.5, 0.6) is 0 Å². The smallest absolute Gasteiger partial charge is 0.379 e. The van der Waals surface area contributed by atoms with E-state index in [4.69, 9.17) is 0 Å². The summed E-state index contributed by atoms with van der Waals surface area (Å²) in [6, 6.07) is 7.62. The Balaban J connectivity index is 1.91. The second-order valence-corrected chi connectivity index (χ2v) is 8.14. The molecule has 0 spiro atoms. The molecule has 0 aromatic heterocycles. The molecule has 0 aliphatic rings. The number of halogens is 3. The van der Waals surface area contributed by atoms with E-state index in [1.54, 1.807) is 0 Å². The van der Waals surface area contributed by atoms with Gasteiger partial charge in [-0.1, -0.05) is 0 Å². The van der Waals surface area contributed by atoms with Gasteiger partial charge >= 0.3 is 6.18 Å². The van der Waals surface area contributed by atoms with Gasteiger partial charge in [0.25, 0.3) is 5.69 Å². The molecule has 2 aromatic carbocycles. The molecule has 0 saturated carbocycles. The lowest BCUT2D eigenvalue weighted by Crippen LogP contribution is -2.26. The Morgan fingerprint density at radius 2 is 1.74 bits per heavy atom. The summed E-state index contributed by atoms with van der Waals surface area (Å²) in [7, 11) is -3.82. The normalized spacial score (nSPS) is 11.7. The van der Waals surface area contributed by atoms with Crippen LogP contribution in [0.2, 0.25) is 0 Å². The topological polar surface area (TPSA) is 130 Å². The highest BCUT2D eigenvalue weighted by atomic mass is 32.2. The van der Waals surface area contributed by atoms with Gasteiger partial charge in [0.2, 0.25) is 15.9 Å². The maximum Gasteiger partial charge on any atom is 0.416 e. The van der Waals surface area contributed by atoms with Crippen LogP contribution in [0, 0.1) is 10.1 Å². The SMILES string of the molecule is CC(=O)Nc1ccc(S(=O)(=O)NCCCNc2ccc(C(F)(F)F)cc2[N+](=O)[O-])cc1. The standard InChI is InChI=1S/C18H19F3N4O5S/c1-12(26)24-14-4-6-15(7-5-14)31(29,30)23-10-2-9-22-16-8-3-13(18(19,20)21)11-17(16)25(27)28/h3-8,11,22-23H,2,9-10H2,1H3,(H,24,26). The van der Waals surface area contributed by atoms with E-state index in [2.05, 4.69) is 15.4 Å². The van der Waals surface area contributed by atoms with Crippen LogP contribution < -0.4 is 15.4 Å². The Bertz CT molecular complexity index is 1060. The van der Waals surface area contributed by atoms with Crippen molar-refractivity contribution in [1.29, 1.82) is 0 Å². The van der Waals surface area contributed by atoms with E-state index in [0.717, 1.165) is 12.1 Å². The maximum atomic E-state index is 12.7. The average molecular weight is 460 g/mol. The summed E-state index contributed by atoms with van der Waals surface area (Å²) in [5.41, 5.74) is -1.53. The van der Waals surface area contributed by atoms with Crippen LogP contribution >= 0.6 is 0 Å². The van der Waals surface area contributed by atoms with E-state index in [1.165, 1.54) is 31.2 Å². The fourth-order valence-corrected chi connectivity index (χ4v) is 3.60.